The fourth-order valence-electron chi connectivity index (χ4n) is 1.58. The van der Waals surface area contributed by atoms with Gasteiger partial charge in [0.05, 0.1) is 12.9 Å². The van der Waals surface area contributed by atoms with Crippen molar-refractivity contribution in [1.82, 2.24) is 0 Å². The summed E-state index contributed by atoms with van der Waals surface area (Å²) in [5, 5.41) is 17.5. The summed E-state index contributed by atoms with van der Waals surface area (Å²) >= 11 is 0. The van der Waals surface area contributed by atoms with Crippen molar-refractivity contribution in [2.75, 3.05) is 13.2 Å². The SMILES string of the molecule is CCCCCCCC/C=C\C#C/C=C\OCC(O)CO. The molecule has 0 fully saturated rings. The Labute approximate surface area is 123 Å². The molecular formula is C17H28O3. The van der Waals surface area contributed by atoms with Crippen molar-refractivity contribution in [3.63, 3.8) is 0 Å². The molecule has 0 spiro atoms. The zero-order valence-electron chi connectivity index (χ0n) is 12.6. The van der Waals surface area contributed by atoms with E-state index in [9.17, 15) is 0 Å². The summed E-state index contributed by atoms with van der Waals surface area (Å²) in [4.78, 5) is 0. The highest BCUT2D eigenvalue weighted by Crippen LogP contribution is 2.06. The monoisotopic (exact) mass is 280 g/mol. The molecule has 0 bridgehead atoms. The lowest BCUT2D eigenvalue weighted by Crippen LogP contribution is -2.17. The van der Waals surface area contributed by atoms with E-state index in [1.165, 1.54) is 44.8 Å². The second-order valence-corrected chi connectivity index (χ2v) is 4.72. The first-order chi connectivity index (χ1) is 9.81. The van der Waals surface area contributed by atoms with Crippen LogP contribution in [0.5, 0.6) is 0 Å². The Balaban J connectivity index is 3.42. The second-order valence-electron chi connectivity index (χ2n) is 4.72. The van der Waals surface area contributed by atoms with Gasteiger partial charge in [0.25, 0.3) is 0 Å². The number of allylic oxidation sites excluding steroid dienone is 3. The lowest BCUT2D eigenvalue weighted by Gasteiger charge is -2.04. The molecule has 3 nitrogen and oxygen atoms in total. The number of aliphatic hydroxyl groups is 2. The van der Waals surface area contributed by atoms with Crippen LogP contribution in [0.1, 0.15) is 51.9 Å². The van der Waals surface area contributed by atoms with Crippen LogP contribution in [0.15, 0.2) is 24.5 Å². The van der Waals surface area contributed by atoms with Crippen LogP contribution in [0, 0.1) is 11.8 Å². The first-order valence-electron chi connectivity index (χ1n) is 7.52. The molecule has 0 aliphatic rings. The highest BCUT2D eigenvalue weighted by atomic mass is 16.5. The lowest BCUT2D eigenvalue weighted by atomic mass is 10.1. The van der Waals surface area contributed by atoms with Crippen molar-refractivity contribution < 1.29 is 14.9 Å². The lowest BCUT2D eigenvalue weighted by molar-refractivity contribution is 0.0385. The van der Waals surface area contributed by atoms with E-state index in [0.717, 1.165) is 6.42 Å². The van der Waals surface area contributed by atoms with Crippen molar-refractivity contribution in [3.05, 3.63) is 24.5 Å². The number of unbranched alkanes of at least 4 members (excludes halogenated alkanes) is 6. The predicted molar refractivity (Wildman–Crippen MR) is 83.1 cm³/mol. The van der Waals surface area contributed by atoms with Crippen LogP contribution >= 0.6 is 0 Å². The first-order valence-corrected chi connectivity index (χ1v) is 7.52. The molecule has 0 aliphatic heterocycles. The minimum Gasteiger partial charge on any atom is -0.498 e. The smallest absolute Gasteiger partial charge is 0.115 e. The third-order valence-electron chi connectivity index (χ3n) is 2.76. The molecule has 1 unspecified atom stereocenters. The van der Waals surface area contributed by atoms with E-state index in [0.29, 0.717) is 0 Å². The summed E-state index contributed by atoms with van der Waals surface area (Å²) in [5.74, 6) is 5.70. The Bertz CT molecular complexity index is 310. The van der Waals surface area contributed by atoms with Gasteiger partial charge >= 0.3 is 0 Å². The van der Waals surface area contributed by atoms with E-state index in [1.807, 2.05) is 6.08 Å². The van der Waals surface area contributed by atoms with Gasteiger partial charge in [-0.2, -0.15) is 0 Å². The summed E-state index contributed by atoms with van der Waals surface area (Å²) in [5.41, 5.74) is 0. The largest absolute Gasteiger partial charge is 0.498 e. The summed E-state index contributed by atoms with van der Waals surface area (Å²) in [6.45, 7) is 2.03. The average Bonchev–Trinajstić information content (AvgIpc) is 2.47. The zero-order chi connectivity index (χ0) is 14.9. The van der Waals surface area contributed by atoms with Gasteiger partial charge in [-0.3, -0.25) is 0 Å². The molecular weight excluding hydrogens is 252 g/mol. The van der Waals surface area contributed by atoms with Gasteiger partial charge in [0.1, 0.15) is 12.7 Å². The van der Waals surface area contributed by atoms with Crippen molar-refractivity contribution in [3.8, 4) is 11.8 Å². The van der Waals surface area contributed by atoms with Crippen molar-refractivity contribution in [2.45, 2.75) is 58.0 Å². The van der Waals surface area contributed by atoms with Crippen LogP contribution in [0.4, 0.5) is 0 Å². The van der Waals surface area contributed by atoms with Crippen LogP contribution in [0.3, 0.4) is 0 Å². The second kappa shape index (κ2) is 15.8. The quantitative estimate of drug-likeness (QED) is 0.347. The molecule has 0 heterocycles. The molecule has 0 aromatic rings. The van der Waals surface area contributed by atoms with Crippen LogP contribution in [-0.4, -0.2) is 29.5 Å². The molecule has 0 saturated carbocycles. The van der Waals surface area contributed by atoms with Gasteiger partial charge in [0, 0.05) is 6.08 Å². The highest BCUT2D eigenvalue weighted by molar-refractivity contribution is 5.22. The average molecular weight is 280 g/mol. The van der Waals surface area contributed by atoms with E-state index < -0.39 is 6.10 Å². The Morgan fingerprint density at radius 3 is 2.50 bits per heavy atom. The van der Waals surface area contributed by atoms with E-state index >= 15 is 0 Å². The standard InChI is InChI=1S/C17H28O3/c1-2-3-4-5-6-7-8-9-10-11-12-13-14-20-16-17(19)15-18/h9-10,13-14,17-19H,2-8,15-16H2,1H3/b10-9-,14-13-. The minimum absolute atomic E-state index is 0.0859. The number of hydrogen-bond acceptors (Lipinski definition) is 3. The maximum absolute atomic E-state index is 8.99. The van der Waals surface area contributed by atoms with E-state index in [4.69, 9.17) is 14.9 Å². The molecule has 3 heteroatoms. The Morgan fingerprint density at radius 1 is 1.05 bits per heavy atom. The van der Waals surface area contributed by atoms with Gasteiger partial charge in [-0.25, -0.2) is 0 Å². The van der Waals surface area contributed by atoms with Gasteiger partial charge in [-0.1, -0.05) is 56.9 Å². The maximum Gasteiger partial charge on any atom is 0.115 e. The molecule has 0 radical (unpaired) electrons. The Hall–Kier alpha value is -1.24. The Morgan fingerprint density at radius 2 is 1.75 bits per heavy atom. The number of hydrogen-bond donors (Lipinski definition) is 2. The first kappa shape index (κ1) is 18.8. The van der Waals surface area contributed by atoms with Crippen molar-refractivity contribution in [1.29, 1.82) is 0 Å². The number of aliphatic hydroxyl groups excluding tert-OH is 2. The normalized spacial score (nSPS) is 12.6. The topological polar surface area (TPSA) is 49.7 Å². The molecule has 20 heavy (non-hydrogen) atoms. The maximum atomic E-state index is 8.99. The summed E-state index contributed by atoms with van der Waals surface area (Å²) in [6, 6.07) is 0. The van der Waals surface area contributed by atoms with Gasteiger partial charge in [0.15, 0.2) is 0 Å². The van der Waals surface area contributed by atoms with E-state index in [-0.39, 0.29) is 13.2 Å². The molecule has 0 aromatic carbocycles. The van der Waals surface area contributed by atoms with Gasteiger partial charge in [-0.05, 0) is 18.9 Å². The highest BCUT2D eigenvalue weighted by Gasteiger charge is 1.98. The third kappa shape index (κ3) is 14.8. The zero-order valence-corrected chi connectivity index (χ0v) is 12.6. The third-order valence-corrected chi connectivity index (χ3v) is 2.76. The van der Waals surface area contributed by atoms with Crippen LogP contribution in [-0.2, 0) is 4.74 Å². The fraction of sp³-hybridized carbons (Fsp3) is 0.647. The van der Waals surface area contributed by atoms with Gasteiger partial charge in [-0.15, -0.1) is 0 Å². The molecule has 0 amide bonds. The predicted octanol–water partition coefficient (Wildman–Crippen LogP) is 3.18. The number of rotatable bonds is 11. The molecule has 0 rings (SSSR count). The van der Waals surface area contributed by atoms with Crippen LogP contribution in [0.25, 0.3) is 0 Å². The molecule has 2 N–H and O–H groups in total. The molecule has 1 atom stereocenters. The van der Waals surface area contributed by atoms with E-state index in [1.54, 1.807) is 6.08 Å². The van der Waals surface area contributed by atoms with Crippen LogP contribution in [0.2, 0.25) is 0 Å². The fourth-order valence-corrected chi connectivity index (χ4v) is 1.58. The summed E-state index contributed by atoms with van der Waals surface area (Å²) in [7, 11) is 0. The molecule has 0 saturated heterocycles. The van der Waals surface area contributed by atoms with E-state index in [2.05, 4.69) is 24.8 Å². The minimum atomic E-state index is -0.829. The summed E-state index contributed by atoms with van der Waals surface area (Å²) in [6.07, 6.45) is 15.1. The van der Waals surface area contributed by atoms with Gasteiger partial charge in [0.2, 0.25) is 0 Å². The van der Waals surface area contributed by atoms with Crippen LogP contribution < -0.4 is 0 Å². The molecule has 114 valence electrons. The van der Waals surface area contributed by atoms with Crippen molar-refractivity contribution >= 4 is 0 Å². The molecule has 0 aromatic heterocycles. The number of ether oxygens (including phenoxy) is 1. The van der Waals surface area contributed by atoms with Gasteiger partial charge < -0.3 is 14.9 Å². The van der Waals surface area contributed by atoms with Crippen molar-refractivity contribution in [2.24, 2.45) is 0 Å². The Kier molecular flexibility index (Phi) is 14.8. The molecule has 0 aliphatic carbocycles. The summed E-state index contributed by atoms with van der Waals surface area (Å²) < 4.78 is 4.96.